The van der Waals surface area contributed by atoms with Gasteiger partial charge in [0.15, 0.2) is 10.1 Å². The second-order valence-electron chi connectivity index (χ2n) is 7.71. The number of thioether (sulfide) groups is 1. The molecule has 0 saturated heterocycles. The molecule has 0 aliphatic heterocycles. The zero-order valence-electron chi connectivity index (χ0n) is 17.8. The van der Waals surface area contributed by atoms with Gasteiger partial charge in [0.2, 0.25) is 0 Å². The summed E-state index contributed by atoms with van der Waals surface area (Å²) in [5, 5.41) is 3.07. The largest absolute Gasteiger partial charge is 0.269 e. The zero-order valence-corrected chi connectivity index (χ0v) is 19.5. The van der Waals surface area contributed by atoms with Crippen molar-refractivity contribution in [1.29, 1.82) is 0 Å². The van der Waals surface area contributed by atoms with Gasteiger partial charge in [-0.25, -0.2) is 9.97 Å². The molecule has 0 spiro atoms. The predicted molar refractivity (Wildman–Crippen MR) is 130 cm³/mol. The van der Waals surface area contributed by atoms with Crippen molar-refractivity contribution >= 4 is 39.0 Å². The minimum atomic E-state index is -0.107. The van der Waals surface area contributed by atoms with E-state index in [9.17, 15) is 9.59 Å². The van der Waals surface area contributed by atoms with E-state index in [1.807, 2.05) is 62.5 Å². The van der Waals surface area contributed by atoms with Crippen LogP contribution in [0.5, 0.6) is 0 Å². The molecule has 0 saturated carbocycles. The summed E-state index contributed by atoms with van der Waals surface area (Å²) in [5.41, 5.74) is 4.86. The molecule has 0 amide bonds. The molecule has 0 radical (unpaired) electrons. The quantitative estimate of drug-likeness (QED) is 0.288. The minimum absolute atomic E-state index is 0.0947. The number of benzene rings is 2. The molecule has 0 aliphatic rings. The van der Waals surface area contributed by atoms with E-state index < -0.39 is 0 Å². The first-order valence-corrected chi connectivity index (χ1v) is 12.0. The summed E-state index contributed by atoms with van der Waals surface area (Å²) in [4.78, 5) is 36.2. The number of hydrogen-bond acceptors (Lipinski definition) is 6. The lowest BCUT2D eigenvalue weighted by atomic mass is 10.1. The smallest absolute Gasteiger partial charge is 0.266 e. The Morgan fingerprint density at radius 2 is 1.81 bits per heavy atom. The van der Waals surface area contributed by atoms with Crippen molar-refractivity contribution in [1.82, 2.24) is 18.9 Å². The van der Waals surface area contributed by atoms with Crippen molar-refractivity contribution in [2.45, 2.75) is 31.7 Å². The molecule has 8 heteroatoms. The molecule has 0 bridgehead atoms. The summed E-state index contributed by atoms with van der Waals surface area (Å²) in [5.74, 6) is 0.429. The summed E-state index contributed by atoms with van der Waals surface area (Å²) in [7, 11) is 0. The molecule has 3 heterocycles. The van der Waals surface area contributed by atoms with Gasteiger partial charge in [0, 0.05) is 22.9 Å². The highest BCUT2D eigenvalue weighted by Gasteiger charge is 2.16. The highest BCUT2D eigenvalue weighted by Crippen LogP contribution is 2.26. The molecule has 0 aliphatic carbocycles. The van der Waals surface area contributed by atoms with Gasteiger partial charge in [-0.2, -0.15) is 0 Å². The summed E-state index contributed by atoms with van der Waals surface area (Å²) in [6.07, 6.45) is 0. The highest BCUT2D eigenvalue weighted by atomic mass is 32.2. The van der Waals surface area contributed by atoms with E-state index in [0.29, 0.717) is 32.5 Å². The molecule has 5 aromatic rings. The Balaban J connectivity index is 1.64. The number of aromatic nitrogens is 4. The second-order valence-corrected chi connectivity index (χ2v) is 9.49. The average molecular weight is 461 g/mol. The third kappa shape index (κ3) is 3.55. The standard InChI is InChI=1S/C24H20N4O2S2/c1-14-8-9-15(2)20(10-14)28-22(30)18-6-4-5-7-19(18)26-24(28)32-13-17-11-21(29)27-16(3)12-31-23(27)25-17/h4-12H,13H2,1-3H3. The Morgan fingerprint density at radius 1 is 1.00 bits per heavy atom. The Labute approximate surface area is 192 Å². The van der Waals surface area contributed by atoms with Crippen LogP contribution in [-0.4, -0.2) is 18.9 Å². The molecule has 0 fully saturated rings. The van der Waals surface area contributed by atoms with Gasteiger partial charge in [-0.3, -0.25) is 18.6 Å². The molecule has 0 unspecified atom stereocenters. The van der Waals surface area contributed by atoms with E-state index in [1.165, 1.54) is 23.1 Å². The number of fused-ring (bicyclic) bond motifs is 2. The second kappa shape index (κ2) is 8.03. The van der Waals surface area contributed by atoms with Crippen LogP contribution in [0.2, 0.25) is 0 Å². The van der Waals surface area contributed by atoms with Crippen LogP contribution in [0.3, 0.4) is 0 Å². The van der Waals surface area contributed by atoms with E-state index in [2.05, 4.69) is 4.98 Å². The van der Waals surface area contributed by atoms with Gasteiger partial charge in [0.1, 0.15) is 0 Å². The number of para-hydroxylation sites is 1. The van der Waals surface area contributed by atoms with Gasteiger partial charge < -0.3 is 0 Å². The number of thiazole rings is 1. The van der Waals surface area contributed by atoms with Crippen LogP contribution in [0.15, 0.2) is 68.7 Å². The lowest BCUT2D eigenvalue weighted by Crippen LogP contribution is -2.22. The molecule has 2 aromatic carbocycles. The fourth-order valence-electron chi connectivity index (χ4n) is 3.70. The van der Waals surface area contributed by atoms with Crippen molar-refractivity contribution in [2.75, 3.05) is 0 Å². The molecule has 5 rings (SSSR count). The van der Waals surface area contributed by atoms with Crippen LogP contribution in [0, 0.1) is 20.8 Å². The summed E-state index contributed by atoms with van der Waals surface area (Å²) in [6, 6.07) is 15.0. The van der Waals surface area contributed by atoms with Crippen LogP contribution in [0.4, 0.5) is 0 Å². The molecule has 0 N–H and O–H groups in total. The number of hydrogen-bond donors (Lipinski definition) is 0. The van der Waals surface area contributed by atoms with Gasteiger partial charge in [-0.1, -0.05) is 36.0 Å². The van der Waals surface area contributed by atoms with Gasteiger partial charge in [0.25, 0.3) is 11.1 Å². The average Bonchev–Trinajstić information content (AvgIpc) is 3.15. The van der Waals surface area contributed by atoms with Crippen molar-refractivity contribution in [3.8, 4) is 5.69 Å². The molecule has 32 heavy (non-hydrogen) atoms. The normalized spacial score (nSPS) is 11.5. The van der Waals surface area contributed by atoms with Crippen molar-refractivity contribution in [3.05, 3.63) is 97.1 Å². The third-order valence-electron chi connectivity index (χ3n) is 5.33. The minimum Gasteiger partial charge on any atom is -0.269 e. The number of nitrogens with zero attached hydrogens (tertiary/aromatic N) is 4. The zero-order chi connectivity index (χ0) is 22.4. The first-order chi connectivity index (χ1) is 15.4. The molecule has 6 nitrogen and oxygen atoms in total. The molecular weight excluding hydrogens is 440 g/mol. The predicted octanol–water partition coefficient (Wildman–Crippen LogP) is 4.67. The van der Waals surface area contributed by atoms with Crippen LogP contribution in [-0.2, 0) is 5.75 Å². The van der Waals surface area contributed by atoms with E-state index in [-0.39, 0.29) is 11.1 Å². The Bertz CT molecular complexity index is 1610. The fraction of sp³-hybridized carbons (Fsp3) is 0.167. The van der Waals surface area contributed by atoms with Crippen LogP contribution >= 0.6 is 23.1 Å². The lowest BCUT2D eigenvalue weighted by Gasteiger charge is -2.15. The van der Waals surface area contributed by atoms with E-state index >= 15 is 0 Å². The highest BCUT2D eigenvalue weighted by molar-refractivity contribution is 7.98. The number of rotatable bonds is 4. The SMILES string of the molecule is Cc1ccc(C)c(-n2c(SCc3cc(=O)n4c(C)csc4n3)nc3ccccc3c2=O)c1. The Kier molecular flexibility index (Phi) is 5.19. The summed E-state index contributed by atoms with van der Waals surface area (Å²) >= 11 is 2.85. The van der Waals surface area contributed by atoms with Crippen LogP contribution in [0.1, 0.15) is 22.5 Å². The maximum atomic E-state index is 13.5. The maximum absolute atomic E-state index is 13.5. The first-order valence-electron chi connectivity index (χ1n) is 10.1. The molecule has 3 aromatic heterocycles. The topological polar surface area (TPSA) is 69.3 Å². The van der Waals surface area contributed by atoms with Crippen molar-refractivity contribution < 1.29 is 0 Å². The van der Waals surface area contributed by atoms with Crippen LogP contribution in [0.25, 0.3) is 21.6 Å². The Morgan fingerprint density at radius 3 is 2.66 bits per heavy atom. The fourth-order valence-corrected chi connectivity index (χ4v) is 5.48. The van der Waals surface area contributed by atoms with Gasteiger partial charge in [-0.05, 0) is 50.1 Å². The third-order valence-corrected chi connectivity index (χ3v) is 7.24. The van der Waals surface area contributed by atoms with Crippen molar-refractivity contribution in [3.63, 3.8) is 0 Å². The van der Waals surface area contributed by atoms with Gasteiger partial charge >= 0.3 is 0 Å². The molecular formula is C24H20N4O2S2. The summed E-state index contributed by atoms with van der Waals surface area (Å²) < 4.78 is 3.29. The Hall–Kier alpha value is -3.23. The van der Waals surface area contributed by atoms with Crippen LogP contribution < -0.4 is 11.1 Å². The molecule has 160 valence electrons. The van der Waals surface area contributed by atoms with Gasteiger partial charge in [-0.15, -0.1) is 11.3 Å². The van der Waals surface area contributed by atoms with Crippen molar-refractivity contribution in [2.24, 2.45) is 0 Å². The monoisotopic (exact) mass is 460 g/mol. The van der Waals surface area contributed by atoms with Gasteiger partial charge in [0.05, 0.1) is 22.3 Å². The van der Waals surface area contributed by atoms with E-state index in [4.69, 9.17) is 4.98 Å². The lowest BCUT2D eigenvalue weighted by molar-refractivity contribution is 0.813. The summed E-state index contributed by atoms with van der Waals surface area (Å²) in [6.45, 7) is 5.88. The molecule has 0 atom stereocenters. The van der Waals surface area contributed by atoms with E-state index in [1.54, 1.807) is 21.1 Å². The number of aryl methyl sites for hydroxylation is 3. The van der Waals surface area contributed by atoms with E-state index in [0.717, 1.165) is 22.5 Å². The maximum Gasteiger partial charge on any atom is 0.266 e. The first kappa shape index (κ1) is 20.7.